The average molecular weight is 401 g/mol. The number of rotatable bonds is 8. The Balaban J connectivity index is 1.45. The smallest absolute Gasteiger partial charge is 0.143 e. The molecule has 4 nitrogen and oxygen atoms in total. The molecule has 154 valence electrons. The van der Waals surface area contributed by atoms with Crippen LogP contribution in [-0.4, -0.2) is 21.3 Å². The number of hydrogen-bond acceptors (Lipinski definition) is 3. The maximum Gasteiger partial charge on any atom is 0.143 e. The predicted octanol–water partition coefficient (Wildman–Crippen LogP) is 5.59. The largest absolute Gasteiger partial charge is 0.494 e. The van der Waals surface area contributed by atoms with Gasteiger partial charge in [-0.25, -0.2) is 4.98 Å². The van der Waals surface area contributed by atoms with Gasteiger partial charge >= 0.3 is 0 Å². The van der Waals surface area contributed by atoms with E-state index in [0.717, 1.165) is 41.7 Å². The number of aliphatic hydroxyl groups is 1. The summed E-state index contributed by atoms with van der Waals surface area (Å²) in [5, 5.41) is 11.0. The van der Waals surface area contributed by atoms with Gasteiger partial charge in [0.2, 0.25) is 0 Å². The summed E-state index contributed by atoms with van der Waals surface area (Å²) in [6.07, 6.45) is 1.13. The van der Waals surface area contributed by atoms with Gasteiger partial charge in [-0.1, -0.05) is 48.5 Å². The number of aliphatic hydroxyl groups excluding tert-OH is 1. The van der Waals surface area contributed by atoms with Gasteiger partial charge in [-0.3, -0.25) is 0 Å². The van der Waals surface area contributed by atoms with Gasteiger partial charge in [0.15, 0.2) is 0 Å². The second-order valence-corrected chi connectivity index (χ2v) is 7.80. The van der Waals surface area contributed by atoms with Gasteiger partial charge in [0, 0.05) is 6.54 Å². The van der Waals surface area contributed by atoms with E-state index in [0.29, 0.717) is 12.4 Å². The van der Waals surface area contributed by atoms with Crippen molar-refractivity contribution in [3.63, 3.8) is 0 Å². The number of imidazole rings is 1. The van der Waals surface area contributed by atoms with Crippen LogP contribution in [0.4, 0.5) is 0 Å². The molecule has 0 fully saturated rings. The van der Waals surface area contributed by atoms with E-state index in [-0.39, 0.29) is 0 Å². The van der Waals surface area contributed by atoms with E-state index in [1.807, 2.05) is 48.5 Å². The van der Waals surface area contributed by atoms with Gasteiger partial charge in [0.25, 0.3) is 0 Å². The number of unbranched alkanes of at least 4 members (excludes halogenated alkanes) is 1. The topological polar surface area (TPSA) is 47.3 Å². The van der Waals surface area contributed by atoms with Crippen molar-refractivity contribution in [3.05, 3.63) is 95.3 Å². The Morgan fingerprint density at radius 3 is 2.37 bits per heavy atom. The molecule has 30 heavy (non-hydrogen) atoms. The van der Waals surface area contributed by atoms with Crippen LogP contribution in [0.3, 0.4) is 0 Å². The maximum atomic E-state index is 11.0. The quantitative estimate of drug-likeness (QED) is 0.392. The van der Waals surface area contributed by atoms with Gasteiger partial charge in [0.05, 0.1) is 17.6 Å². The zero-order chi connectivity index (χ0) is 20.9. The second kappa shape index (κ2) is 9.14. The van der Waals surface area contributed by atoms with Crippen LogP contribution in [0.15, 0.2) is 72.8 Å². The summed E-state index contributed by atoms with van der Waals surface area (Å²) >= 11 is 0. The van der Waals surface area contributed by atoms with Crippen molar-refractivity contribution >= 4 is 11.0 Å². The molecule has 0 radical (unpaired) electrons. The third-order valence-electron chi connectivity index (χ3n) is 5.28. The van der Waals surface area contributed by atoms with Crippen molar-refractivity contribution < 1.29 is 9.84 Å². The van der Waals surface area contributed by atoms with Crippen LogP contribution >= 0.6 is 0 Å². The lowest BCUT2D eigenvalue weighted by Crippen LogP contribution is -2.11. The predicted molar refractivity (Wildman–Crippen MR) is 121 cm³/mol. The lowest BCUT2D eigenvalue weighted by molar-refractivity contribution is 0.204. The van der Waals surface area contributed by atoms with Crippen LogP contribution in [0.1, 0.15) is 41.5 Å². The van der Waals surface area contributed by atoms with Gasteiger partial charge < -0.3 is 14.4 Å². The average Bonchev–Trinajstić information content (AvgIpc) is 3.11. The molecule has 0 bridgehead atoms. The van der Waals surface area contributed by atoms with Gasteiger partial charge in [-0.15, -0.1) is 0 Å². The van der Waals surface area contributed by atoms with Crippen LogP contribution < -0.4 is 4.74 Å². The summed E-state index contributed by atoms with van der Waals surface area (Å²) in [5.74, 6) is 1.62. The summed E-state index contributed by atoms with van der Waals surface area (Å²) in [5.41, 5.74) is 5.25. The molecular weight excluding hydrogens is 372 g/mol. The molecule has 1 atom stereocenters. The summed E-state index contributed by atoms with van der Waals surface area (Å²) in [6, 6.07) is 24.1. The Morgan fingerprint density at radius 1 is 0.900 bits per heavy atom. The fraction of sp³-hybridized carbons (Fsp3) is 0.269. The first-order valence-corrected chi connectivity index (χ1v) is 10.5. The summed E-state index contributed by atoms with van der Waals surface area (Å²) in [4.78, 5) is 4.74. The molecule has 1 heterocycles. The van der Waals surface area contributed by atoms with E-state index in [1.165, 1.54) is 11.1 Å². The highest BCUT2D eigenvalue weighted by atomic mass is 16.5. The Kier molecular flexibility index (Phi) is 6.15. The molecule has 4 rings (SSSR count). The molecule has 0 aliphatic carbocycles. The second-order valence-electron chi connectivity index (χ2n) is 7.80. The number of aromatic nitrogens is 2. The molecule has 0 saturated heterocycles. The summed E-state index contributed by atoms with van der Waals surface area (Å²) in [7, 11) is 0. The number of hydrogen-bond donors (Lipinski definition) is 1. The van der Waals surface area contributed by atoms with Crippen molar-refractivity contribution in [2.75, 3.05) is 6.61 Å². The number of aryl methyl sites for hydroxylation is 3. The highest BCUT2D eigenvalue weighted by Crippen LogP contribution is 2.26. The van der Waals surface area contributed by atoms with E-state index < -0.39 is 6.10 Å². The highest BCUT2D eigenvalue weighted by Gasteiger charge is 2.19. The van der Waals surface area contributed by atoms with Gasteiger partial charge in [-0.2, -0.15) is 0 Å². The molecule has 0 aliphatic heterocycles. The molecular formula is C26H28N2O2. The number of ether oxygens (including phenoxy) is 1. The Morgan fingerprint density at radius 2 is 1.60 bits per heavy atom. The number of nitrogens with zero attached hydrogens (tertiary/aromatic N) is 2. The molecule has 1 aromatic heterocycles. The standard InChI is InChI=1S/C26H28N2O2/c1-19-16-20(2)18-22(17-19)30-15-9-8-14-28-24-13-7-6-12-23(24)27-26(28)25(29)21-10-4-3-5-11-21/h3-7,10-13,16-18,25,29H,8-9,14-15H2,1-2H3. The normalized spacial score (nSPS) is 12.2. The Bertz CT molecular complexity index is 1100. The van der Waals surface area contributed by atoms with Crippen LogP contribution in [0.2, 0.25) is 0 Å². The van der Waals surface area contributed by atoms with E-state index in [1.54, 1.807) is 0 Å². The Hall–Kier alpha value is -3.11. The zero-order valence-corrected chi connectivity index (χ0v) is 17.6. The first kappa shape index (κ1) is 20.2. The first-order valence-electron chi connectivity index (χ1n) is 10.5. The van der Waals surface area contributed by atoms with E-state index in [9.17, 15) is 5.11 Å². The molecule has 0 spiro atoms. The van der Waals surface area contributed by atoms with Crippen molar-refractivity contribution in [2.24, 2.45) is 0 Å². The van der Waals surface area contributed by atoms with Crippen LogP contribution in [0.25, 0.3) is 11.0 Å². The molecule has 1 unspecified atom stereocenters. The number of para-hydroxylation sites is 2. The van der Waals surface area contributed by atoms with Crippen molar-refractivity contribution in [1.29, 1.82) is 0 Å². The number of benzene rings is 3. The van der Waals surface area contributed by atoms with Crippen molar-refractivity contribution in [2.45, 2.75) is 39.3 Å². The summed E-state index contributed by atoms with van der Waals surface area (Å²) in [6.45, 7) is 5.63. The van der Waals surface area contributed by atoms with E-state index in [4.69, 9.17) is 9.72 Å². The minimum atomic E-state index is -0.745. The fourth-order valence-corrected chi connectivity index (χ4v) is 3.90. The minimum absolute atomic E-state index is 0.673. The fourth-order valence-electron chi connectivity index (χ4n) is 3.90. The molecule has 0 amide bonds. The van der Waals surface area contributed by atoms with Crippen LogP contribution in [0, 0.1) is 13.8 Å². The van der Waals surface area contributed by atoms with Gasteiger partial charge in [0.1, 0.15) is 17.7 Å². The van der Waals surface area contributed by atoms with Crippen LogP contribution in [0.5, 0.6) is 5.75 Å². The minimum Gasteiger partial charge on any atom is -0.494 e. The molecule has 0 aliphatic rings. The van der Waals surface area contributed by atoms with Crippen molar-refractivity contribution in [1.82, 2.24) is 9.55 Å². The molecule has 4 heteroatoms. The monoisotopic (exact) mass is 400 g/mol. The first-order chi connectivity index (χ1) is 14.6. The van der Waals surface area contributed by atoms with E-state index >= 15 is 0 Å². The third-order valence-corrected chi connectivity index (χ3v) is 5.28. The lowest BCUT2D eigenvalue weighted by atomic mass is 10.1. The molecule has 3 aromatic carbocycles. The summed E-state index contributed by atoms with van der Waals surface area (Å²) < 4.78 is 8.09. The zero-order valence-electron chi connectivity index (χ0n) is 17.6. The maximum absolute atomic E-state index is 11.0. The lowest BCUT2D eigenvalue weighted by Gasteiger charge is -2.15. The Labute approximate surface area is 177 Å². The van der Waals surface area contributed by atoms with E-state index in [2.05, 4.69) is 42.7 Å². The van der Waals surface area contributed by atoms with Crippen molar-refractivity contribution in [3.8, 4) is 5.75 Å². The molecule has 4 aromatic rings. The third kappa shape index (κ3) is 4.55. The van der Waals surface area contributed by atoms with Gasteiger partial charge in [-0.05, 0) is 67.6 Å². The number of fused-ring (bicyclic) bond motifs is 1. The molecule has 1 N–H and O–H groups in total. The SMILES string of the molecule is Cc1cc(C)cc(OCCCCn2c(C(O)c3ccccc3)nc3ccccc32)c1. The highest BCUT2D eigenvalue weighted by molar-refractivity contribution is 5.76. The van der Waals surface area contributed by atoms with Crippen LogP contribution in [-0.2, 0) is 6.54 Å². The molecule has 0 saturated carbocycles.